The van der Waals surface area contributed by atoms with Crippen LogP contribution in [0, 0.1) is 6.92 Å². The number of esters is 1. The lowest BCUT2D eigenvalue weighted by Crippen LogP contribution is -2.30. The molecule has 2 aromatic carbocycles. The molecule has 0 saturated heterocycles. The summed E-state index contributed by atoms with van der Waals surface area (Å²) in [6, 6.07) is 8.31. The summed E-state index contributed by atoms with van der Waals surface area (Å²) >= 11 is 0. The fourth-order valence-corrected chi connectivity index (χ4v) is 4.29. The Kier molecular flexibility index (Phi) is 8.45. The molecule has 0 radical (unpaired) electrons. The molecule has 0 atom stereocenters. The van der Waals surface area contributed by atoms with Crippen molar-refractivity contribution in [2.75, 3.05) is 25.0 Å². The maximum absolute atomic E-state index is 12.7. The molecule has 1 amide bonds. The summed E-state index contributed by atoms with van der Waals surface area (Å²) in [7, 11) is -3.74. The van der Waals surface area contributed by atoms with E-state index in [4.69, 9.17) is 4.74 Å². The van der Waals surface area contributed by atoms with Gasteiger partial charge in [0.25, 0.3) is 5.91 Å². The number of carbonyl (C=O) groups excluding carboxylic acids is 2. The van der Waals surface area contributed by atoms with Crippen molar-refractivity contribution in [3.8, 4) is 5.75 Å². The first-order valence-electron chi connectivity index (χ1n) is 9.81. The van der Waals surface area contributed by atoms with Gasteiger partial charge in [-0.15, -0.1) is 13.2 Å². The van der Waals surface area contributed by atoms with Gasteiger partial charge in [0.15, 0.2) is 6.61 Å². The quantitative estimate of drug-likeness (QED) is 0.540. The highest BCUT2D eigenvalue weighted by molar-refractivity contribution is 7.89. The molecular formula is C21H23F3N2O6S. The third kappa shape index (κ3) is 7.19. The van der Waals surface area contributed by atoms with Crippen LogP contribution in [0.1, 0.15) is 29.8 Å². The van der Waals surface area contributed by atoms with E-state index in [-0.39, 0.29) is 29.2 Å². The van der Waals surface area contributed by atoms with Crippen LogP contribution < -0.4 is 10.1 Å². The monoisotopic (exact) mass is 488 g/mol. The lowest BCUT2D eigenvalue weighted by molar-refractivity contribution is -0.274. The van der Waals surface area contributed by atoms with Crippen LogP contribution in [0.3, 0.4) is 0 Å². The van der Waals surface area contributed by atoms with E-state index in [1.807, 2.05) is 0 Å². The van der Waals surface area contributed by atoms with Gasteiger partial charge in [-0.3, -0.25) is 4.79 Å². The zero-order valence-electron chi connectivity index (χ0n) is 18.1. The third-order valence-electron chi connectivity index (χ3n) is 4.48. The first-order valence-corrected chi connectivity index (χ1v) is 11.2. The highest BCUT2D eigenvalue weighted by atomic mass is 32.2. The molecule has 0 unspecified atom stereocenters. The van der Waals surface area contributed by atoms with Crippen molar-refractivity contribution in [1.29, 1.82) is 0 Å². The molecule has 0 aliphatic rings. The van der Waals surface area contributed by atoms with Crippen molar-refractivity contribution < 1.29 is 40.7 Å². The van der Waals surface area contributed by atoms with Gasteiger partial charge in [-0.1, -0.05) is 19.9 Å². The van der Waals surface area contributed by atoms with Gasteiger partial charge in [-0.2, -0.15) is 4.31 Å². The number of nitrogens with zero attached hydrogens (tertiary/aromatic N) is 1. The highest BCUT2D eigenvalue weighted by Gasteiger charge is 2.31. The molecule has 0 heterocycles. The van der Waals surface area contributed by atoms with Crippen molar-refractivity contribution in [3.05, 3.63) is 53.6 Å². The fourth-order valence-electron chi connectivity index (χ4n) is 2.80. The second-order valence-corrected chi connectivity index (χ2v) is 8.70. The SMILES string of the molecule is CCN(CC)S(=O)(=O)c1ccc(C)c(NC(=O)COC(=O)c2ccc(OC(F)(F)F)cc2)c1. The minimum absolute atomic E-state index is 0.00487. The normalized spacial score (nSPS) is 11.8. The third-order valence-corrected chi connectivity index (χ3v) is 6.53. The molecule has 0 fully saturated rings. The molecule has 33 heavy (non-hydrogen) atoms. The first kappa shape index (κ1) is 26.1. The van der Waals surface area contributed by atoms with Gasteiger partial charge >= 0.3 is 12.3 Å². The molecule has 0 bridgehead atoms. The lowest BCUT2D eigenvalue weighted by atomic mass is 10.2. The van der Waals surface area contributed by atoms with Gasteiger partial charge in [-0.25, -0.2) is 13.2 Å². The van der Waals surface area contributed by atoms with Crippen LogP contribution in [0.5, 0.6) is 5.75 Å². The fraction of sp³-hybridized carbons (Fsp3) is 0.333. The predicted octanol–water partition coefficient (Wildman–Crippen LogP) is 3.72. The number of amides is 1. The molecule has 1 N–H and O–H groups in total. The maximum atomic E-state index is 12.7. The number of aryl methyl sites for hydroxylation is 1. The molecule has 0 aliphatic heterocycles. The minimum Gasteiger partial charge on any atom is -0.452 e. The van der Waals surface area contributed by atoms with E-state index >= 15 is 0 Å². The molecule has 0 spiro atoms. The lowest BCUT2D eigenvalue weighted by Gasteiger charge is -2.19. The number of halogens is 3. The number of sulfonamides is 1. The summed E-state index contributed by atoms with van der Waals surface area (Å²) in [6.07, 6.45) is -4.86. The Morgan fingerprint density at radius 3 is 2.18 bits per heavy atom. The summed E-state index contributed by atoms with van der Waals surface area (Å²) in [5.41, 5.74) is 0.743. The number of hydrogen-bond acceptors (Lipinski definition) is 6. The summed E-state index contributed by atoms with van der Waals surface area (Å²) in [4.78, 5) is 24.3. The van der Waals surface area contributed by atoms with Gasteiger partial charge in [0.1, 0.15) is 5.75 Å². The maximum Gasteiger partial charge on any atom is 0.573 e. The van der Waals surface area contributed by atoms with E-state index in [0.717, 1.165) is 24.3 Å². The number of anilines is 1. The second kappa shape index (κ2) is 10.7. The molecule has 0 aromatic heterocycles. The van der Waals surface area contributed by atoms with Crippen LogP contribution >= 0.6 is 0 Å². The van der Waals surface area contributed by atoms with E-state index in [2.05, 4.69) is 10.1 Å². The minimum atomic E-state index is -4.86. The Bertz CT molecular complexity index is 1100. The Labute approximate surface area is 189 Å². The Morgan fingerprint density at radius 2 is 1.64 bits per heavy atom. The Hall–Kier alpha value is -3.12. The number of carbonyl (C=O) groups is 2. The molecule has 0 aliphatic carbocycles. The van der Waals surface area contributed by atoms with E-state index < -0.39 is 40.6 Å². The zero-order valence-corrected chi connectivity index (χ0v) is 18.9. The molecule has 12 heteroatoms. The van der Waals surface area contributed by atoms with Crippen molar-refractivity contribution >= 4 is 27.6 Å². The van der Waals surface area contributed by atoms with Crippen LogP contribution in [0.15, 0.2) is 47.4 Å². The van der Waals surface area contributed by atoms with Crippen molar-refractivity contribution in [2.24, 2.45) is 0 Å². The smallest absolute Gasteiger partial charge is 0.452 e. The topological polar surface area (TPSA) is 102 Å². The summed E-state index contributed by atoms with van der Waals surface area (Å²) in [5, 5.41) is 2.50. The molecule has 0 saturated carbocycles. The molecule has 2 aromatic rings. The standard InChI is InChI=1S/C21H23F3N2O6S/c1-4-26(5-2)33(29,30)17-11-6-14(3)18(12-17)25-19(27)13-31-20(28)15-7-9-16(10-8-15)32-21(22,23)24/h6-12H,4-5,13H2,1-3H3,(H,25,27). The number of rotatable bonds is 9. The Morgan fingerprint density at radius 1 is 1.03 bits per heavy atom. The van der Waals surface area contributed by atoms with Crippen LogP contribution in [0.25, 0.3) is 0 Å². The van der Waals surface area contributed by atoms with Crippen molar-refractivity contribution in [1.82, 2.24) is 4.31 Å². The Balaban J connectivity index is 2.03. The number of alkyl halides is 3. The van der Waals surface area contributed by atoms with E-state index in [1.54, 1.807) is 26.8 Å². The van der Waals surface area contributed by atoms with Gasteiger partial charge in [0.2, 0.25) is 10.0 Å². The van der Waals surface area contributed by atoms with E-state index in [9.17, 15) is 31.2 Å². The van der Waals surface area contributed by atoms with Gasteiger partial charge in [-0.05, 0) is 48.9 Å². The van der Waals surface area contributed by atoms with Crippen LogP contribution in [-0.4, -0.2) is 50.7 Å². The van der Waals surface area contributed by atoms with Gasteiger partial charge in [0, 0.05) is 18.8 Å². The molecule has 2 rings (SSSR count). The number of nitrogens with one attached hydrogen (secondary N) is 1. The summed E-state index contributed by atoms with van der Waals surface area (Å²) in [5.74, 6) is -2.16. The van der Waals surface area contributed by atoms with Crippen LogP contribution in [0.4, 0.5) is 18.9 Å². The van der Waals surface area contributed by atoms with Crippen LogP contribution in [0.2, 0.25) is 0 Å². The number of hydrogen-bond donors (Lipinski definition) is 1. The average molecular weight is 488 g/mol. The van der Waals surface area contributed by atoms with E-state index in [0.29, 0.717) is 5.56 Å². The largest absolute Gasteiger partial charge is 0.573 e. The van der Waals surface area contributed by atoms with Crippen molar-refractivity contribution in [3.63, 3.8) is 0 Å². The van der Waals surface area contributed by atoms with Gasteiger partial charge < -0.3 is 14.8 Å². The zero-order chi connectivity index (χ0) is 24.8. The predicted molar refractivity (Wildman–Crippen MR) is 113 cm³/mol. The molecule has 8 nitrogen and oxygen atoms in total. The van der Waals surface area contributed by atoms with Crippen molar-refractivity contribution in [2.45, 2.75) is 32.0 Å². The average Bonchev–Trinajstić information content (AvgIpc) is 2.73. The highest BCUT2D eigenvalue weighted by Crippen LogP contribution is 2.24. The molecular weight excluding hydrogens is 465 g/mol. The second-order valence-electron chi connectivity index (χ2n) is 6.76. The number of benzene rings is 2. The summed E-state index contributed by atoms with van der Waals surface area (Å²) < 4.78 is 71.8. The number of ether oxygens (including phenoxy) is 2. The van der Waals surface area contributed by atoms with Gasteiger partial charge in [0.05, 0.1) is 10.5 Å². The molecule has 180 valence electrons. The first-order chi connectivity index (χ1) is 15.4. The van der Waals surface area contributed by atoms with E-state index in [1.165, 1.54) is 16.4 Å². The summed E-state index contributed by atoms with van der Waals surface area (Å²) in [6.45, 7) is 4.97. The van der Waals surface area contributed by atoms with Crippen LogP contribution in [-0.2, 0) is 19.6 Å².